The molecule has 2 aromatic heterocycles. The number of aromatic amines is 1. The van der Waals surface area contributed by atoms with Crippen LogP contribution < -0.4 is 0 Å². The van der Waals surface area contributed by atoms with Crippen LogP contribution in [0.1, 0.15) is 17.0 Å². The van der Waals surface area contributed by atoms with E-state index in [0.29, 0.717) is 5.76 Å². The molecule has 0 saturated heterocycles. The van der Waals surface area contributed by atoms with Crippen molar-refractivity contribution in [1.29, 1.82) is 0 Å². The summed E-state index contributed by atoms with van der Waals surface area (Å²) in [4.78, 5) is 0. The summed E-state index contributed by atoms with van der Waals surface area (Å²) in [6.45, 7) is 5.68. The van der Waals surface area contributed by atoms with Crippen LogP contribution in [0.4, 0.5) is 0 Å². The van der Waals surface area contributed by atoms with E-state index in [1.54, 1.807) is 19.4 Å². The zero-order valence-electron chi connectivity index (χ0n) is 12.2. The van der Waals surface area contributed by atoms with E-state index >= 15 is 0 Å². The number of H-pyrrole nitrogens is 1. The van der Waals surface area contributed by atoms with Crippen LogP contribution in [0.2, 0.25) is 0 Å². The molecular formula is C16H18N4O. The zero-order valence-corrected chi connectivity index (χ0v) is 12.2. The third kappa shape index (κ3) is 3.89. The highest BCUT2D eigenvalue weighted by Gasteiger charge is 2.07. The summed E-state index contributed by atoms with van der Waals surface area (Å²) in [5, 5.41) is 15.0. The van der Waals surface area contributed by atoms with Crippen molar-refractivity contribution in [2.45, 2.75) is 13.3 Å². The Morgan fingerprint density at radius 3 is 2.81 bits per heavy atom. The van der Waals surface area contributed by atoms with Crippen molar-refractivity contribution < 1.29 is 4.74 Å². The fraction of sp³-hybridized carbons (Fsp3) is 0.188. The number of allylic oxidation sites excluding steroid dienone is 4. The molecular weight excluding hydrogens is 264 g/mol. The molecule has 2 aromatic rings. The largest absolute Gasteiger partial charge is 0.496 e. The van der Waals surface area contributed by atoms with E-state index in [1.165, 1.54) is 0 Å². The number of methoxy groups -OCH3 is 1. The summed E-state index contributed by atoms with van der Waals surface area (Å²) >= 11 is 0. The fourth-order valence-corrected chi connectivity index (χ4v) is 1.84. The Morgan fingerprint density at radius 1 is 1.38 bits per heavy atom. The Kier molecular flexibility index (Phi) is 5.04. The van der Waals surface area contributed by atoms with E-state index < -0.39 is 0 Å². The number of rotatable bonds is 6. The lowest BCUT2D eigenvalue weighted by Crippen LogP contribution is -1.96. The van der Waals surface area contributed by atoms with Crippen LogP contribution in [0, 0.1) is 6.92 Å². The first kappa shape index (κ1) is 14.7. The van der Waals surface area contributed by atoms with Gasteiger partial charge in [-0.3, -0.25) is 5.10 Å². The first-order valence-electron chi connectivity index (χ1n) is 6.60. The van der Waals surface area contributed by atoms with Crippen LogP contribution in [-0.4, -0.2) is 27.5 Å². The number of nitrogens with one attached hydrogen (secondary N) is 1. The van der Waals surface area contributed by atoms with Crippen LogP contribution in [0.5, 0.6) is 0 Å². The fourth-order valence-electron chi connectivity index (χ4n) is 1.84. The molecule has 1 N–H and O–H groups in total. The normalized spacial score (nSPS) is 12.3. The van der Waals surface area contributed by atoms with E-state index in [2.05, 4.69) is 27.0 Å². The predicted molar refractivity (Wildman–Crippen MR) is 82.3 cm³/mol. The van der Waals surface area contributed by atoms with Gasteiger partial charge in [0.15, 0.2) is 0 Å². The number of nitrogens with zero attached hydrogens (tertiary/aromatic N) is 3. The summed E-state index contributed by atoms with van der Waals surface area (Å²) < 4.78 is 5.36. The van der Waals surface area contributed by atoms with Gasteiger partial charge in [-0.15, -0.1) is 0 Å². The lowest BCUT2D eigenvalue weighted by Gasteiger charge is -2.07. The Hall–Kier alpha value is -2.69. The smallest absolute Gasteiger partial charge is 0.127 e. The Morgan fingerprint density at radius 2 is 2.24 bits per heavy atom. The van der Waals surface area contributed by atoms with Crippen LogP contribution in [-0.2, 0) is 11.2 Å². The van der Waals surface area contributed by atoms with Gasteiger partial charge < -0.3 is 4.74 Å². The molecule has 21 heavy (non-hydrogen) atoms. The monoisotopic (exact) mass is 282 g/mol. The predicted octanol–water partition coefficient (Wildman–Crippen LogP) is 2.85. The van der Waals surface area contributed by atoms with Crippen molar-refractivity contribution in [1.82, 2.24) is 20.4 Å². The minimum atomic E-state index is 0.664. The van der Waals surface area contributed by atoms with Gasteiger partial charge in [0.1, 0.15) is 5.76 Å². The molecule has 108 valence electrons. The van der Waals surface area contributed by atoms with Gasteiger partial charge in [0, 0.05) is 11.8 Å². The molecule has 0 spiro atoms. The second-order valence-electron chi connectivity index (χ2n) is 4.46. The average molecular weight is 282 g/mol. The van der Waals surface area contributed by atoms with Gasteiger partial charge in [-0.1, -0.05) is 18.7 Å². The van der Waals surface area contributed by atoms with Crippen LogP contribution >= 0.6 is 0 Å². The molecule has 0 atom stereocenters. The molecule has 0 aromatic carbocycles. The van der Waals surface area contributed by atoms with Crippen molar-refractivity contribution in [3.05, 3.63) is 72.0 Å². The number of aromatic nitrogens is 4. The maximum absolute atomic E-state index is 5.36. The molecule has 2 rings (SSSR count). The average Bonchev–Trinajstić information content (AvgIpc) is 3.01. The van der Waals surface area contributed by atoms with Crippen LogP contribution in [0.3, 0.4) is 0 Å². The van der Waals surface area contributed by atoms with Crippen molar-refractivity contribution >= 4 is 5.57 Å². The first-order chi connectivity index (χ1) is 10.2. The SMILES string of the molecule is C=C/C(OC)=C(\C=C/Cc1cn[nH]c1)c1ccc(C)nn1. The van der Waals surface area contributed by atoms with E-state index in [1.807, 2.05) is 37.4 Å². The molecule has 0 aliphatic carbocycles. The molecule has 0 radical (unpaired) electrons. The summed E-state index contributed by atoms with van der Waals surface area (Å²) in [6, 6.07) is 3.84. The van der Waals surface area contributed by atoms with Crippen LogP contribution in [0.25, 0.3) is 5.57 Å². The van der Waals surface area contributed by atoms with Gasteiger partial charge in [-0.25, -0.2) is 0 Å². The highest BCUT2D eigenvalue weighted by atomic mass is 16.5. The molecule has 0 unspecified atom stereocenters. The summed E-state index contributed by atoms with van der Waals surface area (Å²) in [7, 11) is 1.61. The highest BCUT2D eigenvalue weighted by Crippen LogP contribution is 2.20. The van der Waals surface area contributed by atoms with E-state index in [9.17, 15) is 0 Å². The van der Waals surface area contributed by atoms with Crippen molar-refractivity contribution in [3.63, 3.8) is 0 Å². The summed E-state index contributed by atoms with van der Waals surface area (Å²) in [5.41, 5.74) is 3.58. The number of hydrogen-bond donors (Lipinski definition) is 1. The lowest BCUT2D eigenvalue weighted by atomic mass is 10.1. The lowest BCUT2D eigenvalue weighted by molar-refractivity contribution is 0.309. The summed E-state index contributed by atoms with van der Waals surface area (Å²) in [6.07, 6.45) is 10.1. The van der Waals surface area contributed by atoms with Gasteiger partial charge >= 0.3 is 0 Å². The molecule has 0 bridgehead atoms. The number of ether oxygens (including phenoxy) is 1. The molecule has 2 heterocycles. The van der Waals surface area contributed by atoms with Gasteiger partial charge in [-0.05, 0) is 37.1 Å². The molecule has 0 saturated carbocycles. The van der Waals surface area contributed by atoms with Gasteiger partial charge in [0.25, 0.3) is 0 Å². The van der Waals surface area contributed by atoms with Crippen molar-refractivity contribution in [3.8, 4) is 0 Å². The molecule has 0 fully saturated rings. The standard InChI is InChI=1S/C16H18N4O/c1-4-16(21-3)14(15-9-8-12(2)19-20-15)7-5-6-13-10-17-18-11-13/h4-5,7-11H,1,6H2,2-3H3,(H,17,18)/b7-5-,16-14-. The van der Waals surface area contributed by atoms with E-state index in [4.69, 9.17) is 4.74 Å². The topological polar surface area (TPSA) is 63.7 Å². The van der Waals surface area contributed by atoms with Crippen molar-refractivity contribution in [2.24, 2.45) is 0 Å². The quantitative estimate of drug-likeness (QED) is 0.653. The zero-order chi connectivity index (χ0) is 15.1. The van der Waals surface area contributed by atoms with Gasteiger partial charge in [0.05, 0.1) is 24.7 Å². The molecule has 0 aliphatic rings. The summed E-state index contributed by atoms with van der Waals surface area (Å²) in [5.74, 6) is 0.664. The first-order valence-corrected chi connectivity index (χ1v) is 6.60. The van der Waals surface area contributed by atoms with Gasteiger partial charge in [-0.2, -0.15) is 15.3 Å². The second kappa shape index (κ2) is 7.19. The third-order valence-corrected chi connectivity index (χ3v) is 2.94. The maximum atomic E-state index is 5.36. The van der Waals surface area contributed by atoms with E-state index in [0.717, 1.165) is 28.9 Å². The molecule has 0 aliphatic heterocycles. The minimum absolute atomic E-state index is 0.664. The Bertz CT molecular complexity index is 639. The minimum Gasteiger partial charge on any atom is -0.496 e. The number of aryl methyl sites for hydroxylation is 1. The Labute approximate surface area is 124 Å². The number of hydrogen-bond acceptors (Lipinski definition) is 4. The third-order valence-electron chi connectivity index (χ3n) is 2.94. The Balaban J connectivity index is 2.28. The molecule has 0 amide bonds. The highest BCUT2D eigenvalue weighted by molar-refractivity contribution is 5.74. The molecule has 5 nitrogen and oxygen atoms in total. The second-order valence-corrected chi connectivity index (χ2v) is 4.46. The molecule has 5 heteroatoms. The van der Waals surface area contributed by atoms with Crippen molar-refractivity contribution in [2.75, 3.05) is 7.11 Å². The van der Waals surface area contributed by atoms with E-state index in [-0.39, 0.29) is 0 Å². The maximum Gasteiger partial charge on any atom is 0.127 e. The van der Waals surface area contributed by atoms with Crippen LogP contribution in [0.15, 0.2) is 55.1 Å². The van der Waals surface area contributed by atoms with Gasteiger partial charge in [0.2, 0.25) is 0 Å².